The Morgan fingerprint density at radius 2 is 2.12 bits per heavy atom. The molecule has 2 rings (SSSR count). The van der Waals surface area contributed by atoms with Gasteiger partial charge in [-0.2, -0.15) is 5.10 Å². The van der Waals surface area contributed by atoms with Crippen LogP contribution in [0.25, 0.3) is 0 Å². The molecular formula is C18H24N4O2. The zero-order chi connectivity index (χ0) is 17.4. The lowest BCUT2D eigenvalue weighted by atomic mass is 10.1. The third-order valence-corrected chi connectivity index (χ3v) is 3.65. The number of nitrogens with one attached hydrogen (secondary N) is 2. The van der Waals surface area contributed by atoms with Gasteiger partial charge in [-0.15, -0.1) is 0 Å². The van der Waals surface area contributed by atoms with E-state index in [4.69, 9.17) is 0 Å². The Morgan fingerprint density at radius 3 is 2.83 bits per heavy atom. The van der Waals surface area contributed by atoms with Crippen molar-refractivity contribution in [3.63, 3.8) is 0 Å². The van der Waals surface area contributed by atoms with Gasteiger partial charge in [0.2, 0.25) is 0 Å². The van der Waals surface area contributed by atoms with Crippen LogP contribution in [0, 0.1) is 6.92 Å². The maximum absolute atomic E-state index is 12.1. The molecule has 1 aromatic heterocycles. The summed E-state index contributed by atoms with van der Waals surface area (Å²) in [5.41, 5.74) is 3.10. The van der Waals surface area contributed by atoms with E-state index in [2.05, 4.69) is 22.7 Å². The van der Waals surface area contributed by atoms with Crippen LogP contribution in [0.1, 0.15) is 45.2 Å². The zero-order valence-electron chi connectivity index (χ0n) is 14.2. The number of benzene rings is 1. The molecule has 2 aromatic rings. The van der Waals surface area contributed by atoms with E-state index in [1.54, 1.807) is 18.2 Å². The summed E-state index contributed by atoms with van der Waals surface area (Å²) in [5, 5.41) is 10.4. The molecule has 1 aromatic carbocycles. The van der Waals surface area contributed by atoms with Gasteiger partial charge in [-0.3, -0.25) is 14.3 Å². The highest BCUT2D eigenvalue weighted by Crippen LogP contribution is 2.08. The summed E-state index contributed by atoms with van der Waals surface area (Å²) >= 11 is 0. The quantitative estimate of drug-likeness (QED) is 0.545. The van der Waals surface area contributed by atoms with Crippen molar-refractivity contribution in [2.24, 2.45) is 0 Å². The number of aryl methyl sites for hydroxylation is 2. The monoisotopic (exact) mass is 328 g/mol. The van der Waals surface area contributed by atoms with Crippen LogP contribution in [0.2, 0.25) is 0 Å². The summed E-state index contributed by atoms with van der Waals surface area (Å²) in [7, 11) is 0. The van der Waals surface area contributed by atoms with Gasteiger partial charge in [0.1, 0.15) is 6.29 Å². The molecule has 0 bridgehead atoms. The van der Waals surface area contributed by atoms with Crippen molar-refractivity contribution in [2.75, 3.05) is 13.1 Å². The summed E-state index contributed by atoms with van der Waals surface area (Å²) in [6.45, 7) is 6.97. The second kappa shape index (κ2) is 8.98. The molecule has 0 aliphatic carbocycles. The topological polar surface area (TPSA) is 76.0 Å². The second-order valence-electron chi connectivity index (χ2n) is 5.74. The normalized spacial score (nSPS) is 10.6. The van der Waals surface area contributed by atoms with Gasteiger partial charge < -0.3 is 10.6 Å². The minimum Gasteiger partial charge on any atom is -0.352 e. The molecule has 6 heteroatoms. The Labute approximate surface area is 142 Å². The lowest BCUT2D eigenvalue weighted by molar-refractivity contribution is 0.0953. The number of aldehydes is 1. The average Bonchev–Trinajstić information content (AvgIpc) is 3.05. The average molecular weight is 328 g/mol. The molecule has 0 fully saturated rings. The number of nitrogens with zero attached hydrogens (tertiary/aromatic N) is 2. The zero-order valence-corrected chi connectivity index (χ0v) is 14.2. The smallest absolute Gasteiger partial charge is 0.251 e. The van der Waals surface area contributed by atoms with Crippen molar-refractivity contribution in [2.45, 2.75) is 33.4 Å². The van der Waals surface area contributed by atoms with E-state index in [1.807, 2.05) is 24.0 Å². The molecule has 1 heterocycles. The van der Waals surface area contributed by atoms with Crippen LogP contribution >= 0.6 is 0 Å². The van der Waals surface area contributed by atoms with Gasteiger partial charge in [0.05, 0.1) is 6.20 Å². The summed E-state index contributed by atoms with van der Waals surface area (Å²) in [4.78, 5) is 23.0. The minimum atomic E-state index is -0.147. The third kappa shape index (κ3) is 5.31. The number of hydrogen-bond acceptors (Lipinski definition) is 4. The van der Waals surface area contributed by atoms with Crippen LogP contribution in [-0.2, 0) is 13.1 Å². The molecule has 0 unspecified atom stereocenters. The first-order valence-electron chi connectivity index (χ1n) is 8.19. The fraction of sp³-hybridized carbons (Fsp3) is 0.389. The Kier molecular flexibility index (Phi) is 6.69. The van der Waals surface area contributed by atoms with Gasteiger partial charge in [-0.05, 0) is 50.6 Å². The molecule has 0 spiro atoms. The lowest BCUT2D eigenvalue weighted by Gasteiger charge is -2.07. The number of carbonyl (C=O) groups excluding carboxylic acids is 2. The predicted octanol–water partition coefficient (Wildman–Crippen LogP) is 1.93. The van der Waals surface area contributed by atoms with Crippen LogP contribution in [0.5, 0.6) is 0 Å². The summed E-state index contributed by atoms with van der Waals surface area (Å²) in [5.74, 6) is -0.147. The Hall–Kier alpha value is -2.47. The highest BCUT2D eigenvalue weighted by atomic mass is 16.1. The standard InChI is InChI=1S/C18H24N4O2/c1-3-22-12-16(11-21-22)10-19-5-4-6-20-18(24)17-8-14(2)7-15(9-17)13-23/h7-9,11-13,19H,3-6,10H2,1-2H3,(H,20,24). The number of amides is 1. The van der Waals surface area contributed by atoms with Crippen LogP contribution in [0.3, 0.4) is 0 Å². The Morgan fingerprint density at radius 1 is 1.29 bits per heavy atom. The molecule has 0 saturated carbocycles. The van der Waals surface area contributed by atoms with Crippen molar-refractivity contribution >= 4 is 12.2 Å². The lowest BCUT2D eigenvalue weighted by Crippen LogP contribution is -2.27. The fourth-order valence-electron chi connectivity index (χ4n) is 2.43. The van der Waals surface area contributed by atoms with E-state index >= 15 is 0 Å². The molecular weight excluding hydrogens is 304 g/mol. The molecule has 0 radical (unpaired) electrons. The molecule has 0 aliphatic heterocycles. The molecule has 24 heavy (non-hydrogen) atoms. The van der Waals surface area contributed by atoms with Crippen LogP contribution in [-0.4, -0.2) is 35.1 Å². The predicted molar refractivity (Wildman–Crippen MR) is 93.1 cm³/mol. The van der Waals surface area contributed by atoms with E-state index in [9.17, 15) is 9.59 Å². The van der Waals surface area contributed by atoms with Crippen molar-refractivity contribution in [3.05, 3.63) is 52.8 Å². The van der Waals surface area contributed by atoms with Crippen molar-refractivity contribution in [1.82, 2.24) is 20.4 Å². The highest BCUT2D eigenvalue weighted by Gasteiger charge is 2.07. The third-order valence-electron chi connectivity index (χ3n) is 3.65. The molecule has 128 valence electrons. The molecule has 0 atom stereocenters. The van der Waals surface area contributed by atoms with E-state index in [-0.39, 0.29) is 5.91 Å². The van der Waals surface area contributed by atoms with Crippen molar-refractivity contribution in [3.8, 4) is 0 Å². The SMILES string of the molecule is CCn1cc(CNCCCNC(=O)c2cc(C)cc(C=O)c2)cn1. The second-order valence-corrected chi connectivity index (χ2v) is 5.74. The largest absolute Gasteiger partial charge is 0.352 e. The van der Waals surface area contributed by atoms with Gasteiger partial charge in [-0.1, -0.05) is 0 Å². The first-order chi connectivity index (χ1) is 11.6. The van der Waals surface area contributed by atoms with Crippen LogP contribution in [0.4, 0.5) is 0 Å². The first kappa shape index (κ1) is 17.9. The van der Waals surface area contributed by atoms with Gasteiger partial charge in [0.15, 0.2) is 0 Å². The highest BCUT2D eigenvalue weighted by molar-refractivity contribution is 5.96. The van der Waals surface area contributed by atoms with Gasteiger partial charge in [-0.25, -0.2) is 0 Å². The van der Waals surface area contributed by atoms with E-state index < -0.39 is 0 Å². The van der Waals surface area contributed by atoms with Gasteiger partial charge in [0, 0.05) is 42.5 Å². The number of aromatic nitrogens is 2. The van der Waals surface area contributed by atoms with E-state index in [1.165, 1.54) is 0 Å². The molecule has 0 aliphatic rings. The van der Waals surface area contributed by atoms with E-state index in [0.717, 1.165) is 43.5 Å². The number of rotatable bonds is 9. The molecule has 2 N–H and O–H groups in total. The molecule has 0 saturated heterocycles. The summed E-state index contributed by atoms with van der Waals surface area (Å²) in [6.07, 6.45) is 5.48. The Bertz CT molecular complexity index is 694. The van der Waals surface area contributed by atoms with Crippen molar-refractivity contribution in [1.29, 1.82) is 0 Å². The van der Waals surface area contributed by atoms with Crippen molar-refractivity contribution < 1.29 is 9.59 Å². The van der Waals surface area contributed by atoms with Gasteiger partial charge >= 0.3 is 0 Å². The summed E-state index contributed by atoms with van der Waals surface area (Å²) < 4.78 is 1.90. The molecule has 1 amide bonds. The minimum absolute atomic E-state index is 0.147. The van der Waals surface area contributed by atoms with Gasteiger partial charge in [0.25, 0.3) is 5.91 Å². The maximum Gasteiger partial charge on any atom is 0.251 e. The van der Waals surface area contributed by atoms with Crippen LogP contribution < -0.4 is 10.6 Å². The van der Waals surface area contributed by atoms with Crippen LogP contribution in [0.15, 0.2) is 30.6 Å². The maximum atomic E-state index is 12.1. The fourth-order valence-corrected chi connectivity index (χ4v) is 2.43. The first-order valence-corrected chi connectivity index (χ1v) is 8.19. The summed E-state index contributed by atoms with van der Waals surface area (Å²) in [6, 6.07) is 5.15. The Balaban J connectivity index is 1.67. The van der Waals surface area contributed by atoms with E-state index in [0.29, 0.717) is 17.7 Å². The molecule has 6 nitrogen and oxygen atoms in total. The number of hydrogen-bond donors (Lipinski definition) is 2. The number of carbonyl (C=O) groups is 2.